The second kappa shape index (κ2) is 6.12. The van der Waals surface area contributed by atoms with Gasteiger partial charge < -0.3 is 0 Å². The van der Waals surface area contributed by atoms with Crippen LogP contribution in [0.15, 0.2) is 47.1 Å². The van der Waals surface area contributed by atoms with Crippen LogP contribution < -0.4 is 0 Å². The first-order valence-corrected chi connectivity index (χ1v) is 8.28. The highest BCUT2D eigenvalue weighted by Crippen LogP contribution is 2.47. The molecule has 23 heavy (non-hydrogen) atoms. The van der Waals surface area contributed by atoms with E-state index in [-0.39, 0.29) is 11.7 Å². The molecule has 0 saturated heterocycles. The Morgan fingerprint density at radius 3 is 2.87 bits per heavy atom. The molecule has 1 fully saturated rings. The standard InChI is InChI=1S/C20H21NO2/c1-20-11-10-18(22)12-17(20)9-8-16(19(20)23)7-6-14-2-4-15(13-21)5-3-14/h2,4-6,12,16H,3,7-11H2,1H3. The molecule has 3 heteroatoms. The number of carbonyl (C=O) groups excluding carboxylic acids is 2. The molecule has 0 spiro atoms. The molecule has 3 aliphatic carbocycles. The van der Waals surface area contributed by atoms with E-state index in [1.807, 2.05) is 25.2 Å². The zero-order valence-corrected chi connectivity index (χ0v) is 13.5. The summed E-state index contributed by atoms with van der Waals surface area (Å²) in [5.41, 5.74) is 2.49. The van der Waals surface area contributed by atoms with Crippen LogP contribution >= 0.6 is 0 Å². The Kier molecular flexibility index (Phi) is 4.17. The smallest absolute Gasteiger partial charge is 0.155 e. The predicted octanol–water partition coefficient (Wildman–Crippen LogP) is 3.99. The van der Waals surface area contributed by atoms with E-state index in [0.29, 0.717) is 24.2 Å². The SMILES string of the molecule is CC12CCC(=O)C=C1CCC(CC=C1C=CC(C#N)=CC1)C2=O. The highest BCUT2D eigenvalue weighted by Gasteiger charge is 2.45. The van der Waals surface area contributed by atoms with Crippen LogP contribution in [0.5, 0.6) is 0 Å². The van der Waals surface area contributed by atoms with E-state index in [1.54, 1.807) is 6.08 Å². The molecule has 0 aliphatic heterocycles. The molecule has 0 aromatic carbocycles. The minimum atomic E-state index is -0.425. The van der Waals surface area contributed by atoms with E-state index in [0.717, 1.165) is 31.3 Å². The van der Waals surface area contributed by atoms with Crippen molar-refractivity contribution in [2.24, 2.45) is 11.3 Å². The Labute approximate surface area is 137 Å². The Hall–Kier alpha value is -2.21. The topological polar surface area (TPSA) is 57.9 Å². The van der Waals surface area contributed by atoms with Crippen LogP contribution in [0.1, 0.15) is 45.4 Å². The van der Waals surface area contributed by atoms with E-state index in [1.165, 1.54) is 5.57 Å². The molecule has 3 aliphatic rings. The van der Waals surface area contributed by atoms with Crippen LogP contribution in [0.4, 0.5) is 0 Å². The maximum Gasteiger partial charge on any atom is 0.155 e. The molecule has 0 bridgehead atoms. The quantitative estimate of drug-likeness (QED) is 0.775. The molecule has 2 atom stereocenters. The number of hydrogen-bond acceptors (Lipinski definition) is 3. The average molecular weight is 307 g/mol. The van der Waals surface area contributed by atoms with Crippen LogP contribution in [0.25, 0.3) is 0 Å². The first kappa shape index (κ1) is 15.7. The summed E-state index contributed by atoms with van der Waals surface area (Å²) in [5, 5.41) is 8.84. The number of rotatable bonds is 2. The van der Waals surface area contributed by atoms with Crippen molar-refractivity contribution >= 4 is 11.6 Å². The van der Waals surface area contributed by atoms with Gasteiger partial charge >= 0.3 is 0 Å². The summed E-state index contributed by atoms with van der Waals surface area (Å²) in [6, 6.07) is 2.14. The molecule has 2 unspecified atom stereocenters. The Bertz CT molecular complexity index is 714. The van der Waals surface area contributed by atoms with Gasteiger partial charge in [0.05, 0.1) is 6.07 Å². The summed E-state index contributed by atoms with van der Waals surface area (Å²) in [6.07, 6.45) is 13.9. The van der Waals surface area contributed by atoms with Crippen LogP contribution in [0.2, 0.25) is 0 Å². The van der Waals surface area contributed by atoms with E-state index >= 15 is 0 Å². The van der Waals surface area contributed by atoms with Crippen molar-refractivity contribution in [1.29, 1.82) is 5.26 Å². The van der Waals surface area contributed by atoms with Crippen molar-refractivity contribution in [3.8, 4) is 6.07 Å². The number of carbonyl (C=O) groups is 2. The van der Waals surface area contributed by atoms with Gasteiger partial charge in [-0.05, 0) is 56.8 Å². The average Bonchev–Trinajstić information content (AvgIpc) is 2.57. The molecule has 0 heterocycles. The fraction of sp³-hybridized carbons (Fsp3) is 0.450. The number of nitrogens with zero attached hydrogens (tertiary/aromatic N) is 1. The van der Waals surface area contributed by atoms with Gasteiger partial charge in [0.1, 0.15) is 5.78 Å². The Morgan fingerprint density at radius 1 is 1.35 bits per heavy atom. The van der Waals surface area contributed by atoms with Crippen molar-refractivity contribution in [3.05, 3.63) is 47.1 Å². The Morgan fingerprint density at radius 2 is 2.17 bits per heavy atom. The summed E-state index contributed by atoms with van der Waals surface area (Å²) in [5.74, 6) is 0.512. The van der Waals surface area contributed by atoms with E-state index in [4.69, 9.17) is 5.26 Å². The Balaban J connectivity index is 1.70. The van der Waals surface area contributed by atoms with Crippen molar-refractivity contribution < 1.29 is 9.59 Å². The molecule has 0 aromatic heterocycles. The maximum atomic E-state index is 12.9. The lowest BCUT2D eigenvalue weighted by Crippen LogP contribution is -2.41. The van der Waals surface area contributed by atoms with Gasteiger partial charge in [0.15, 0.2) is 5.78 Å². The van der Waals surface area contributed by atoms with Gasteiger partial charge in [-0.3, -0.25) is 9.59 Å². The molecule has 118 valence electrons. The molecule has 0 radical (unpaired) electrons. The molecule has 1 saturated carbocycles. The van der Waals surface area contributed by atoms with Crippen LogP contribution in [0.3, 0.4) is 0 Å². The number of nitriles is 1. The number of Topliss-reactive ketones (excluding diaryl/α,β-unsaturated/α-hetero) is 1. The van der Waals surface area contributed by atoms with Crippen molar-refractivity contribution in [3.63, 3.8) is 0 Å². The fourth-order valence-corrected chi connectivity index (χ4v) is 3.81. The van der Waals surface area contributed by atoms with Gasteiger partial charge in [-0.15, -0.1) is 0 Å². The monoisotopic (exact) mass is 307 g/mol. The lowest BCUT2D eigenvalue weighted by atomic mass is 9.61. The molecule has 3 nitrogen and oxygen atoms in total. The summed E-state index contributed by atoms with van der Waals surface area (Å²) in [4.78, 5) is 24.5. The molecular weight excluding hydrogens is 286 g/mol. The van der Waals surface area contributed by atoms with Gasteiger partial charge in [0.2, 0.25) is 0 Å². The van der Waals surface area contributed by atoms with Crippen LogP contribution in [-0.4, -0.2) is 11.6 Å². The number of allylic oxidation sites excluding steroid dienone is 8. The van der Waals surface area contributed by atoms with Gasteiger partial charge in [0.25, 0.3) is 0 Å². The molecule has 0 N–H and O–H groups in total. The minimum absolute atomic E-state index is 0.0487. The van der Waals surface area contributed by atoms with Gasteiger partial charge in [0, 0.05) is 23.3 Å². The lowest BCUT2D eigenvalue weighted by molar-refractivity contribution is -0.133. The second-order valence-corrected chi connectivity index (χ2v) is 6.89. The summed E-state index contributed by atoms with van der Waals surface area (Å²) in [7, 11) is 0. The molecule has 0 aromatic rings. The lowest BCUT2D eigenvalue weighted by Gasteiger charge is -2.40. The van der Waals surface area contributed by atoms with E-state index in [2.05, 4.69) is 12.1 Å². The maximum absolute atomic E-state index is 12.9. The first-order chi connectivity index (χ1) is 11.0. The number of hydrogen-bond donors (Lipinski definition) is 0. The zero-order chi connectivity index (χ0) is 16.4. The molecule has 3 rings (SSSR count). The largest absolute Gasteiger partial charge is 0.298 e. The normalized spacial score (nSPS) is 32.2. The third kappa shape index (κ3) is 2.99. The minimum Gasteiger partial charge on any atom is -0.298 e. The summed E-state index contributed by atoms with van der Waals surface area (Å²) < 4.78 is 0. The summed E-state index contributed by atoms with van der Waals surface area (Å²) in [6.45, 7) is 2.01. The third-order valence-corrected chi connectivity index (χ3v) is 5.42. The predicted molar refractivity (Wildman–Crippen MR) is 88.3 cm³/mol. The first-order valence-electron chi connectivity index (χ1n) is 8.28. The van der Waals surface area contributed by atoms with Crippen LogP contribution in [-0.2, 0) is 9.59 Å². The third-order valence-electron chi connectivity index (χ3n) is 5.42. The van der Waals surface area contributed by atoms with Crippen LogP contribution in [0, 0.1) is 22.7 Å². The van der Waals surface area contributed by atoms with Gasteiger partial charge in [-0.2, -0.15) is 5.26 Å². The number of fused-ring (bicyclic) bond motifs is 1. The van der Waals surface area contributed by atoms with E-state index in [9.17, 15) is 9.59 Å². The van der Waals surface area contributed by atoms with Gasteiger partial charge in [-0.25, -0.2) is 0 Å². The van der Waals surface area contributed by atoms with Crippen molar-refractivity contribution in [2.45, 2.75) is 45.4 Å². The fourth-order valence-electron chi connectivity index (χ4n) is 3.81. The highest BCUT2D eigenvalue weighted by atomic mass is 16.1. The molecular formula is C20H21NO2. The summed E-state index contributed by atoms with van der Waals surface area (Å²) >= 11 is 0. The number of ketones is 2. The zero-order valence-electron chi connectivity index (χ0n) is 13.5. The highest BCUT2D eigenvalue weighted by molar-refractivity contribution is 5.98. The van der Waals surface area contributed by atoms with E-state index < -0.39 is 5.41 Å². The van der Waals surface area contributed by atoms with Crippen molar-refractivity contribution in [2.75, 3.05) is 0 Å². The second-order valence-electron chi connectivity index (χ2n) is 6.89. The van der Waals surface area contributed by atoms with Crippen molar-refractivity contribution in [1.82, 2.24) is 0 Å². The molecule has 0 amide bonds. The van der Waals surface area contributed by atoms with Gasteiger partial charge in [-0.1, -0.05) is 23.8 Å².